The van der Waals surface area contributed by atoms with E-state index in [0.29, 0.717) is 25.9 Å². The molecule has 1 saturated heterocycles. The predicted molar refractivity (Wildman–Crippen MR) is 108 cm³/mol. The summed E-state index contributed by atoms with van der Waals surface area (Å²) in [7, 11) is 0. The van der Waals surface area contributed by atoms with E-state index in [-0.39, 0.29) is 38.9 Å². The molecule has 1 aliphatic carbocycles. The van der Waals surface area contributed by atoms with E-state index in [1.807, 2.05) is 0 Å². The largest absolute Gasteiger partial charge is 0.348 e. The minimum atomic E-state index is -0.554. The Kier molecular flexibility index (Phi) is 6.71. The molecule has 0 bridgehead atoms. The lowest BCUT2D eigenvalue weighted by molar-refractivity contribution is -0.127. The Morgan fingerprint density at radius 3 is 2.43 bits per heavy atom. The molecule has 2 fully saturated rings. The van der Waals surface area contributed by atoms with Gasteiger partial charge in [-0.15, -0.1) is 0 Å². The molecule has 3 rings (SSSR count). The van der Waals surface area contributed by atoms with Crippen LogP contribution in [0.4, 0.5) is 9.18 Å². The van der Waals surface area contributed by atoms with Crippen LogP contribution in [0.3, 0.4) is 0 Å². The molecule has 1 heterocycles. The Labute approximate surface area is 174 Å². The van der Waals surface area contributed by atoms with E-state index in [2.05, 4.69) is 22.9 Å². The Morgan fingerprint density at radius 2 is 1.82 bits per heavy atom. The topological polar surface area (TPSA) is 70.2 Å². The third kappa shape index (κ3) is 4.54. The van der Waals surface area contributed by atoms with Crippen molar-refractivity contribution in [2.75, 3.05) is 13.1 Å². The second kappa shape index (κ2) is 8.87. The van der Waals surface area contributed by atoms with E-state index in [1.165, 1.54) is 12.1 Å². The van der Waals surface area contributed by atoms with Crippen LogP contribution in [0.15, 0.2) is 12.1 Å². The van der Waals surface area contributed by atoms with Crippen molar-refractivity contribution < 1.29 is 14.0 Å². The van der Waals surface area contributed by atoms with Crippen molar-refractivity contribution in [3.8, 4) is 0 Å². The van der Waals surface area contributed by atoms with Crippen molar-refractivity contribution in [3.05, 3.63) is 33.6 Å². The Morgan fingerprint density at radius 1 is 1.21 bits per heavy atom. The molecule has 28 heavy (non-hydrogen) atoms. The van der Waals surface area contributed by atoms with Gasteiger partial charge in [-0.2, -0.15) is 0 Å². The van der Waals surface area contributed by atoms with Gasteiger partial charge < -0.3 is 16.0 Å². The molecule has 154 valence electrons. The lowest BCUT2D eigenvalue weighted by atomic mass is 9.76. The summed E-state index contributed by atoms with van der Waals surface area (Å²) in [6.07, 6.45) is 4.89. The normalized spacial score (nSPS) is 21.2. The average molecular weight is 430 g/mol. The number of hydrogen-bond donors (Lipinski definition) is 3. The van der Waals surface area contributed by atoms with Gasteiger partial charge in [0, 0.05) is 24.6 Å². The van der Waals surface area contributed by atoms with Gasteiger partial charge in [-0.3, -0.25) is 4.79 Å². The molecule has 1 saturated carbocycles. The number of urea groups is 1. The number of hydrogen-bond acceptors (Lipinski definition) is 2. The highest BCUT2D eigenvalue weighted by molar-refractivity contribution is 6.42. The van der Waals surface area contributed by atoms with Crippen LogP contribution >= 0.6 is 23.2 Å². The highest BCUT2D eigenvalue weighted by Crippen LogP contribution is 2.50. The molecule has 1 unspecified atom stereocenters. The second-order valence-corrected chi connectivity index (χ2v) is 8.80. The van der Waals surface area contributed by atoms with Crippen molar-refractivity contribution in [1.82, 2.24) is 16.0 Å². The van der Waals surface area contributed by atoms with Crippen LogP contribution < -0.4 is 16.0 Å². The zero-order valence-corrected chi connectivity index (χ0v) is 17.4. The van der Waals surface area contributed by atoms with Gasteiger partial charge in [0.15, 0.2) is 0 Å². The van der Waals surface area contributed by atoms with Gasteiger partial charge >= 0.3 is 6.03 Å². The summed E-state index contributed by atoms with van der Waals surface area (Å²) < 4.78 is 14.8. The van der Waals surface area contributed by atoms with Crippen molar-refractivity contribution in [1.29, 1.82) is 0 Å². The first kappa shape index (κ1) is 21.2. The van der Waals surface area contributed by atoms with Crippen molar-refractivity contribution in [2.24, 2.45) is 11.3 Å². The first-order valence-electron chi connectivity index (χ1n) is 9.77. The van der Waals surface area contributed by atoms with Gasteiger partial charge in [-0.05, 0) is 43.2 Å². The fraction of sp³-hybridized carbons (Fsp3) is 0.600. The van der Waals surface area contributed by atoms with Crippen molar-refractivity contribution in [2.45, 2.75) is 51.5 Å². The quantitative estimate of drug-likeness (QED) is 0.612. The summed E-state index contributed by atoms with van der Waals surface area (Å²) in [4.78, 5) is 24.5. The van der Waals surface area contributed by atoms with E-state index < -0.39 is 11.9 Å². The van der Waals surface area contributed by atoms with E-state index in [0.717, 1.165) is 25.7 Å². The number of carbonyl (C=O) groups excluding carboxylic acids is 2. The number of nitrogens with one attached hydrogen (secondary N) is 3. The highest BCUT2D eigenvalue weighted by atomic mass is 35.5. The summed E-state index contributed by atoms with van der Waals surface area (Å²) in [5.41, 5.74) is -0.0250. The monoisotopic (exact) mass is 429 g/mol. The summed E-state index contributed by atoms with van der Waals surface area (Å²) in [5.74, 6) is -0.882. The third-order valence-electron chi connectivity index (χ3n) is 6.02. The van der Waals surface area contributed by atoms with Gasteiger partial charge in [0.1, 0.15) is 5.82 Å². The molecule has 1 atom stereocenters. The number of halogens is 3. The summed E-state index contributed by atoms with van der Waals surface area (Å²) in [5, 5.41) is 8.95. The molecular weight excluding hydrogens is 404 g/mol. The minimum Gasteiger partial charge on any atom is -0.348 e. The molecular formula is C20H26Cl2FN3O2. The number of carbonyl (C=O) groups is 2. The van der Waals surface area contributed by atoms with Gasteiger partial charge in [-0.1, -0.05) is 43.0 Å². The van der Waals surface area contributed by atoms with Crippen LogP contribution in [0.25, 0.3) is 0 Å². The highest BCUT2D eigenvalue weighted by Gasteiger charge is 2.42. The summed E-state index contributed by atoms with van der Waals surface area (Å²) >= 11 is 12.5. The molecule has 0 radical (unpaired) electrons. The summed E-state index contributed by atoms with van der Waals surface area (Å²) in [6, 6.07) is 1.96. The van der Waals surface area contributed by atoms with E-state index in [1.54, 1.807) is 0 Å². The Balaban J connectivity index is 1.87. The van der Waals surface area contributed by atoms with E-state index in [4.69, 9.17) is 23.2 Å². The van der Waals surface area contributed by atoms with Gasteiger partial charge in [0.2, 0.25) is 5.91 Å². The summed E-state index contributed by atoms with van der Waals surface area (Å²) in [6.45, 7) is 2.90. The molecule has 3 N–H and O–H groups in total. The first-order valence-corrected chi connectivity index (χ1v) is 10.5. The third-order valence-corrected chi connectivity index (χ3v) is 6.84. The van der Waals surface area contributed by atoms with Gasteiger partial charge in [-0.25, -0.2) is 9.18 Å². The fourth-order valence-electron chi connectivity index (χ4n) is 4.32. The lowest BCUT2D eigenvalue weighted by Gasteiger charge is -2.37. The van der Waals surface area contributed by atoms with Crippen LogP contribution in [0.1, 0.15) is 57.1 Å². The van der Waals surface area contributed by atoms with Gasteiger partial charge in [0.25, 0.3) is 0 Å². The van der Waals surface area contributed by atoms with Gasteiger partial charge in [0.05, 0.1) is 16.1 Å². The molecule has 8 heteroatoms. The van der Waals surface area contributed by atoms with Crippen LogP contribution in [0, 0.1) is 17.2 Å². The Bertz CT molecular complexity index is 741. The van der Waals surface area contributed by atoms with Crippen LogP contribution in [0.5, 0.6) is 0 Å². The molecule has 1 aliphatic heterocycles. The molecule has 1 aromatic rings. The van der Waals surface area contributed by atoms with E-state index in [9.17, 15) is 14.0 Å². The van der Waals surface area contributed by atoms with Crippen LogP contribution in [-0.2, 0) is 4.79 Å². The standard InChI is InChI=1S/C20H26Cl2FN3O2/c1-20(8-2-3-9-20)17(15-14(23)5-4-13(21)16(15)22)26-18(27)12-6-10-24-19(28)25-11-7-12/h4-5,12,17H,2-3,6-11H2,1H3,(H,26,27)(H2,24,25,28). The lowest BCUT2D eigenvalue weighted by Crippen LogP contribution is -2.45. The first-order chi connectivity index (χ1) is 13.3. The van der Waals surface area contributed by atoms with Crippen LogP contribution in [0.2, 0.25) is 10.0 Å². The molecule has 0 spiro atoms. The predicted octanol–water partition coefficient (Wildman–Crippen LogP) is 4.58. The molecule has 2 aliphatic rings. The maximum absolute atomic E-state index is 14.8. The van der Waals surface area contributed by atoms with E-state index >= 15 is 0 Å². The zero-order valence-electron chi connectivity index (χ0n) is 15.9. The maximum Gasteiger partial charge on any atom is 0.314 e. The number of rotatable bonds is 4. The second-order valence-electron chi connectivity index (χ2n) is 8.02. The van der Waals surface area contributed by atoms with Crippen molar-refractivity contribution in [3.63, 3.8) is 0 Å². The number of benzene rings is 1. The molecule has 3 amide bonds. The SMILES string of the molecule is CC1(C(NC(=O)C2CCNC(=O)NCC2)c2c(F)ccc(Cl)c2Cl)CCCC1. The van der Waals surface area contributed by atoms with Crippen LogP contribution in [-0.4, -0.2) is 25.0 Å². The maximum atomic E-state index is 14.8. The molecule has 0 aromatic heterocycles. The Hall–Kier alpha value is -1.53. The number of amides is 3. The fourth-order valence-corrected chi connectivity index (χ4v) is 4.75. The molecule has 1 aromatic carbocycles. The molecule has 5 nitrogen and oxygen atoms in total. The average Bonchev–Trinajstić information content (AvgIpc) is 3.08. The van der Waals surface area contributed by atoms with Crippen molar-refractivity contribution >= 4 is 35.1 Å². The minimum absolute atomic E-state index is 0.147. The zero-order chi connectivity index (χ0) is 20.3. The smallest absolute Gasteiger partial charge is 0.314 e.